The molecule has 0 bridgehead atoms. The van der Waals surface area contributed by atoms with Crippen molar-refractivity contribution in [1.29, 1.82) is 0 Å². The summed E-state index contributed by atoms with van der Waals surface area (Å²) in [5, 5.41) is 9.57. The molecule has 22 heavy (non-hydrogen) atoms. The average molecular weight is 367 g/mol. The fourth-order valence-corrected chi connectivity index (χ4v) is 4.29. The van der Waals surface area contributed by atoms with E-state index in [0.717, 1.165) is 24.2 Å². The highest BCUT2D eigenvalue weighted by molar-refractivity contribution is 9.10. The molecule has 0 amide bonds. The van der Waals surface area contributed by atoms with Crippen molar-refractivity contribution in [1.82, 2.24) is 14.4 Å². The smallest absolute Gasteiger partial charge is 0.309 e. The van der Waals surface area contributed by atoms with E-state index in [-0.39, 0.29) is 5.41 Å². The summed E-state index contributed by atoms with van der Waals surface area (Å²) >= 11 is 3.45. The summed E-state index contributed by atoms with van der Waals surface area (Å²) < 4.78 is 2.58. The molecule has 1 saturated carbocycles. The van der Waals surface area contributed by atoms with Gasteiger partial charge in [0.1, 0.15) is 15.9 Å². The Morgan fingerprint density at radius 1 is 1.45 bits per heavy atom. The van der Waals surface area contributed by atoms with E-state index in [0.29, 0.717) is 23.3 Å². The first-order valence-electron chi connectivity index (χ1n) is 7.29. The van der Waals surface area contributed by atoms with E-state index in [1.54, 1.807) is 6.20 Å². The van der Waals surface area contributed by atoms with Crippen molar-refractivity contribution in [3.05, 3.63) is 22.8 Å². The molecule has 0 unspecified atom stereocenters. The first-order valence-corrected chi connectivity index (χ1v) is 8.08. The van der Waals surface area contributed by atoms with E-state index in [1.165, 1.54) is 0 Å². The van der Waals surface area contributed by atoms with Gasteiger partial charge in [-0.25, -0.2) is 9.97 Å². The second-order valence-corrected chi connectivity index (χ2v) is 7.47. The zero-order valence-electron chi connectivity index (χ0n) is 12.6. The molecule has 1 aliphatic carbocycles. The van der Waals surface area contributed by atoms with Crippen LogP contribution < -0.4 is 5.73 Å². The minimum atomic E-state index is -0.737. The van der Waals surface area contributed by atoms with Gasteiger partial charge >= 0.3 is 5.97 Å². The van der Waals surface area contributed by atoms with E-state index in [2.05, 4.69) is 32.8 Å². The lowest BCUT2D eigenvalue weighted by Crippen LogP contribution is -2.41. The monoisotopic (exact) mass is 366 g/mol. The fraction of sp³-hybridized carbons (Fsp3) is 0.533. The molecule has 7 heteroatoms. The summed E-state index contributed by atoms with van der Waals surface area (Å²) in [6.45, 7) is 3.92. The van der Waals surface area contributed by atoms with Crippen LogP contribution in [0, 0.1) is 5.41 Å². The van der Waals surface area contributed by atoms with Crippen LogP contribution in [0.1, 0.15) is 45.4 Å². The SMILES string of the molecule is C[C@]1(C(=O)O)CCC[C@](C)(c2nc(Br)c3c(N)nccn23)C1. The average Bonchev–Trinajstić information content (AvgIpc) is 2.78. The molecule has 0 saturated heterocycles. The number of nitrogens with zero attached hydrogens (tertiary/aromatic N) is 3. The molecule has 0 radical (unpaired) electrons. The molecule has 6 nitrogen and oxygen atoms in total. The molecule has 0 aliphatic heterocycles. The van der Waals surface area contributed by atoms with E-state index >= 15 is 0 Å². The van der Waals surface area contributed by atoms with Gasteiger partial charge in [0.05, 0.1) is 5.41 Å². The number of nitrogen functional groups attached to an aromatic ring is 1. The first-order chi connectivity index (χ1) is 10.3. The third-order valence-corrected chi connectivity index (χ3v) is 5.39. The maximum Gasteiger partial charge on any atom is 0.309 e. The molecular weight excluding hydrogens is 348 g/mol. The van der Waals surface area contributed by atoms with Gasteiger partial charge in [-0.1, -0.05) is 13.3 Å². The summed E-state index contributed by atoms with van der Waals surface area (Å²) in [4.78, 5) is 20.4. The van der Waals surface area contributed by atoms with Crippen molar-refractivity contribution in [3.8, 4) is 0 Å². The number of fused-ring (bicyclic) bond motifs is 1. The Hall–Kier alpha value is -1.63. The number of imidazole rings is 1. The van der Waals surface area contributed by atoms with Crippen molar-refractivity contribution in [2.45, 2.75) is 44.9 Å². The van der Waals surface area contributed by atoms with Gasteiger partial charge in [-0.2, -0.15) is 0 Å². The number of anilines is 1. The summed E-state index contributed by atoms with van der Waals surface area (Å²) in [5.41, 5.74) is 5.66. The number of carbonyl (C=O) groups is 1. The lowest BCUT2D eigenvalue weighted by molar-refractivity contribution is -0.151. The van der Waals surface area contributed by atoms with Crippen LogP contribution in [0.4, 0.5) is 5.82 Å². The van der Waals surface area contributed by atoms with E-state index in [1.807, 2.05) is 17.5 Å². The topological polar surface area (TPSA) is 93.5 Å². The number of rotatable bonds is 2. The van der Waals surface area contributed by atoms with Crippen molar-refractivity contribution in [2.24, 2.45) is 5.41 Å². The molecule has 0 spiro atoms. The van der Waals surface area contributed by atoms with E-state index in [9.17, 15) is 9.90 Å². The van der Waals surface area contributed by atoms with E-state index in [4.69, 9.17) is 5.73 Å². The second-order valence-electron chi connectivity index (χ2n) is 6.71. The van der Waals surface area contributed by atoms with Gasteiger partial charge in [0.25, 0.3) is 0 Å². The van der Waals surface area contributed by atoms with Crippen LogP contribution in [-0.2, 0) is 10.2 Å². The van der Waals surface area contributed by atoms with Gasteiger partial charge < -0.3 is 10.8 Å². The minimum absolute atomic E-state index is 0.311. The Morgan fingerprint density at radius 2 is 2.18 bits per heavy atom. The number of aromatic nitrogens is 3. The molecule has 2 aromatic heterocycles. The van der Waals surface area contributed by atoms with Crippen LogP contribution in [0.2, 0.25) is 0 Å². The second kappa shape index (κ2) is 4.94. The highest BCUT2D eigenvalue weighted by Gasteiger charge is 2.46. The van der Waals surface area contributed by atoms with Crippen LogP contribution in [0.25, 0.3) is 5.52 Å². The highest BCUT2D eigenvalue weighted by Crippen LogP contribution is 2.48. The molecule has 2 aromatic rings. The quantitative estimate of drug-likeness (QED) is 0.851. The van der Waals surface area contributed by atoms with Gasteiger partial charge in [-0.05, 0) is 42.1 Å². The van der Waals surface area contributed by atoms with Crippen molar-refractivity contribution in [3.63, 3.8) is 0 Å². The van der Waals surface area contributed by atoms with Crippen molar-refractivity contribution < 1.29 is 9.90 Å². The van der Waals surface area contributed by atoms with Crippen molar-refractivity contribution >= 4 is 33.2 Å². The summed E-state index contributed by atoms with van der Waals surface area (Å²) in [5.74, 6) is 0.517. The Labute approximate surface area is 136 Å². The van der Waals surface area contributed by atoms with Gasteiger partial charge in [0.2, 0.25) is 0 Å². The molecule has 2 heterocycles. The van der Waals surface area contributed by atoms with Gasteiger partial charge in [-0.15, -0.1) is 0 Å². The molecule has 3 N–H and O–H groups in total. The van der Waals surface area contributed by atoms with E-state index < -0.39 is 11.4 Å². The summed E-state index contributed by atoms with van der Waals surface area (Å²) in [6, 6.07) is 0. The zero-order valence-corrected chi connectivity index (χ0v) is 14.2. The first kappa shape index (κ1) is 15.3. The molecular formula is C15H19BrN4O2. The van der Waals surface area contributed by atoms with Gasteiger partial charge in [0, 0.05) is 17.8 Å². The minimum Gasteiger partial charge on any atom is -0.481 e. The maximum atomic E-state index is 11.7. The molecule has 3 rings (SSSR count). The molecule has 2 atom stereocenters. The van der Waals surface area contributed by atoms with Crippen LogP contribution in [0.5, 0.6) is 0 Å². The number of halogens is 1. The fourth-order valence-electron chi connectivity index (χ4n) is 3.73. The Bertz CT molecular complexity index is 759. The predicted molar refractivity (Wildman–Crippen MR) is 86.7 cm³/mol. The van der Waals surface area contributed by atoms with Gasteiger partial charge in [0.15, 0.2) is 5.82 Å². The van der Waals surface area contributed by atoms with Crippen LogP contribution in [0.15, 0.2) is 17.0 Å². The molecule has 1 aliphatic rings. The third kappa shape index (κ3) is 2.18. The Kier molecular flexibility index (Phi) is 3.43. The number of nitrogens with two attached hydrogens (primary N) is 1. The van der Waals surface area contributed by atoms with Crippen molar-refractivity contribution in [2.75, 3.05) is 5.73 Å². The predicted octanol–water partition coefficient (Wildman–Crippen LogP) is 3.00. The number of carboxylic acids is 1. The molecule has 0 aromatic carbocycles. The molecule has 118 valence electrons. The van der Waals surface area contributed by atoms with Crippen LogP contribution in [-0.4, -0.2) is 25.4 Å². The summed E-state index contributed by atoms with van der Waals surface area (Å²) in [7, 11) is 0. The summed E-state index contributed by atoms with van der Waals surface area (Å²) in [6.07, 6.45) is 6.50. The highest BCUT2D eigenvalue weighted by atomic mass is 79.9. The van der Waals surface area contributed by atoms with Crippen LogP contribution >= 0.6 is 15.9 Å². The largest absolute Gasteiger partial charge is 0.481 e. The number of hydrogen-bond donors (Lipinski definition) is 2. The third-order valence-electron chi connectivity index (χ3n) is 4.83. The number of aliphatic carboxylic acids is 1. The lowest BCUT2D eigenvalue weighted by Gasteiger charge is -2.41. The maximum absolute atomic E-state index is 11.7. The Balaban J connectivity index is 2.14. The van der Waals surface area contributed by atoms with Gasteiger partial charge in [-0.3, -0.25) is 9.20 Å². The molecule has 1 fully saturated rings. The standard InChI is InChI=1S/C15H19BrN4O2/c1-14(4-3-5-15(2,8-14)13(21)22)12-19-10(16)9-11(17)18-6-7-20(9)12/h6-7H,3-5,8H2,1-2H3,(H2,17,18)(H,21,22)/t14-,15-/m0/s1. The van der Waals surface area contributed by atoms with Crippen LogP contribution in [0.3, 0.4) is 0 Å². The normalized spacial score (nSPS) is 28.9. The zero-order chi connectivity index (χ0) is 16.1. The lowest BCUT2D eigenvalue weighted by atomic mass is 9.63. The Morgan fingerprint density at radius 3 is 2.86 bits per heavy atom. The number of carboxylic acid groups (broad SMARTS) is 1. The number of hydrogen-bond acceptors (Lipinski definition) is 4.